The van der Waals surface area contributed by atoms with Crippen LogP contribution in [0, 0.1) is 5.82 Å². The maximum atomic E-state index is 12.9. The Labute approximate surface area is 145 Å². The molecule has 0 radical (unpaired) electrons. The standard InChI is InChI=1S/C17H21FN4O3/c1-2-19-17(23)22-9-7-12(8-10-22)16-20-15(25-21-16)11-24-14-5-3-13(18)4-6-14/h3-6,12H,2,7-11H2,1H3,(H,19,23). The normalized spacial score (nSPS) is 15.2. The maximum absolute atomic E-state index is 12.9. The van der Waals surface area contributed by atoms with E-state index in [0.29, 0.717) is 37.1 Å². The van der Waals surface area contributed by atoms with Gasteiger partial charge in [-0.05, 0) is 44.0 Å². The summed E-state index contributed by atoms with van der Waals surface area (Å²) in [5, 5.41) is 6.83. The van der Waals surface area contributed by atoms with E-state index in [2.05, 4.69) is 15.5 Å². The second kappa shape index (κ2) is 7.96. The summed E-state index contributed by atoms with van der Waals surface area (Å²) < 4.78 is 23.6. The van der Waals surface area contributed by atoms with E-state index in [1.54, 1.807) is 17.0 Å². The van der Waals surface area contributed by atoms with Crippen LogP contribution in [0.5, 0.6) is 5.75 Å². The van der Waals surface area contributed by atoms with Crippen LogP contribution in [0.4, 0.5) is 9.18 Å². The lowest BCUT2D eigenvalue weighted by Gasteiger charge is -2.30. The summed E-state index contributed by atoms with van der Waals surface area (Å²) in [5.74, 6) is 1.43. The van der Waals surface area contributed by atoms with Crippen LogP contribution < -0.4 is 10.1 Å². The summed E-state index contributed by atoms with van der Waals surface area (Å²) in [5.41, 5.74) is 0. The zero-order chi connectivity index (χ0) is 17.6. The number of carbonyl (C=O) groups excluding carboxylic acids is 1. The molecule has 1 aliphatic rings. The van der Waals surface area contributed by atoms with Crippen molar-refractivity contribution in [1.29, 1.82) is 0 Å². The number of ether oxygens (including phenoxy) is 1. The molecular weight excluding hydrogens is 327 g/mol. The average molecular weight is 348 g/mol. The van der Waals surface area contributed by atoms with Crippen LogP contribution in [0.3, 0.4) is 0 Å². The molecule has 1 aromatic heterocycles. The van der Waals surface area contributed by atoms with Gasteiger partial charge in [0.2, 0.25) is 0 Å². The number of piperidine rings is 1. The fourth-order valence-corrected chi connectivity index (χ4v) is 2.77. The summed E-state index contributed by atoms with van der Waals surface area (Å²) in [6, 6.07) is 5.73. The van der Waals surface area contributed by atoms with Gasteiger partial charge in [-0.2, -0.15) is 4.98 Å². The number of halogens is 1. The van der Waals surface area contributed by atoms with Crippen LogP contribution in [0.25, 0.3) is 0 Å². The molecule has 1 aromatic carbocycles. The molecule has 2 amide bonds. The number of nitrogens with zero attached hydrogens (tertiary/aromatic N) is 3. The van der Waals surface area contributed by atoms with E-state index >= 15 is 0 Å². The number of hydrogen-bond acceptors (Lipinski definition) is 5. The molecule has 0 unspecified atom stereocenters. The molecule has 1 saturated heterocycles. The van der Waals surface area contributed by atoms with Gasteiger partial charge in [0, 0.05) is 25.6 Å². The molecule has 1 fully saturated rings. The van der Waals surface area contributed by atoms with E-state index < -0.39 is 0 Å². The third-order valence-corrected chi connectivity index (χ3v) is 4.14. The summed E-state index contributed by atoms with van der Waals surface area (Å²) in [7, 11) is 0. The monoisotopic (exact) mass is 348 g/mol. The summed E-state index contributed by atoms with van der Waals surface area (Å²) in [6.07, 6.45) is 1.60. The predicted octanol–water partition coefficient (Wildman–Crippen LogP) is 2.70. The smallest absolute Gasteiger partial charge is 0.317 e. The van der Waals surface area contributed by atoms with Crippen molar-refractivity contribution in [1.82, 2.24) is 20.4 Å². The molecule has 134 valence electrons. The highest BCUT2D eigenvalue weighted by Crippen LogP contribution is 2.26. The van der Waals surface area contributed by atoms with Crippen molar-refractivity contribution in [3.05, 3.63) is 41.8 Å². The first kappa shape index (κ1) is 17.2. The molecule has 2 heterocycles. The molecule has 0 saturated carbocycles. The van der Waals surface area contributed by atoms with Gasteiger partial charge in [-0.25, -0.2) is 9.18 Å². The molecule has 1 aliphatic heterocycles. The lowest BCUT2D eigenvalue weighted by Crippen LogP contribution is -2.44. The van der Waals surface area contributed by atoms with Gasteiger partial charge in [0.1, 0.15) is 11.6 Å². The molecule has 25 heavy (non-hydrogen) atoms. The van der Waals surface area contributed by atoms with E-state index in [9.17, 15) is 9.18 Å². The molecule has 3 rings (SSSR count). The molecule has 2 aromatic rings. The van der Waals surface area contributed by atoms with Crippen LogP contribution in [0.1, 0.15) is 37.4 Å². The minimum absolute atomic E-state index is 0.0255. The Morgan fingerprint density at radius 1 is 1.36 bits per heavy atom. The lowest BCUT2D eigenvalue weighted by molar-refractivity contribution is 0.180. The zero-order valence-corrected chi connectivity index (χ0v) is 14.1. The summed E-state index contributed by atoms with van der Waals surface area (Å²) in [4.78, 5) is 18.0. The molecular formula is C17H21FN4O3. The number of urea groups is 1. The fourth-order valence-electron chi connectivity index (χ4n) is 2.77. The average Bonchev–Trinajstić information content (AvgIpc) is 3.11. The van der Waals surface area contributed by atoms with Crippen molar-refractivity contribution in [2.24, 2.45) is 0 Å². The molecule has 7 nitrogen and oxygen atoms in total. The van der Waals surface area contributed by atoms with Gasteiger partial charge in [0.25, 0.3) is 5.89 Å². The lowest BCUT2D eigenvalue weighted by atomic mass is 9.96. The first-order valence-electron chi connectivity index (χ1n) is 8.39. The Bertz CT molecular complexity index is 696. The highest BCUT2D eigenvalue weighted by molar-refractivity contribution is 5.74. The largest absolute Gasteiger partial charge is 0.484 e. The number of nitrogens with one attached hydrogen (secondary N) is 1. The number of likely N-dealkylation sites (tertiary alicyclic amines) is 1. The van der Waals surface area contributed by atoms with Crippen LogP contribution in [0.15, 0.2) is 28.8 Å². The fraction of sp³-hybridized carbons (Fsp3) is 0.471. The first-order chi connectivity index (χ1) is 12.2. The number of aromatic nitrogens is 2. The van der Waals surface area contributed by atoms with Gasteiger partial charge in [0.15, 0.2) is 12.4 Å². The summed E-state index contributed by atoms with van der Waals surface area (Å²) in [6.45, 7) is 4.01. The molecule has 8 heteroatoms. The molecule has 0 spiro atoms. The highest BCUT2D eigenvalue weighted by atomic mass is 19.1. The van der Waals surface area contributed by atoms with Gasteiger partial charge < -0.3 is 19.5 Å². The van der Waals surface area contributed by atoms with E-state index in [1.807, 2.05) is 6.92 Å². The van der Waals surface area contributed by atoms with Crippen LogP contribution in [-0.4, -0.2) is 40.7 Å². The minimum atomic E-state index is -0.314. The zero-order valence-electron chi connectivity index (χ0n) is 14.1. The maximum Gasteiger partial charge on any atom is 0.317 e. The second-order valence-corrected chi connectivity index (χ2v) is 5.89. The van der Waals surface area contributed by atoms with Crippen molar-refractivity contribution in [2.45, 2.75) is 32.3 Å². The Balaban J connectivity index is 1.50. The number of carbonyl (C=O) groups is 1. The van der Waals surface area contributed by atoms with Crippen molar-refractivity contribution in [2.75, 3.05) is 19.6 Å². The quantitative estimate of drug-likeness (QED) is 0.898. The van der Waals surface area contributed by atoms with Gasteiger partial charge in [-0.15, -0.1) is 0 Å². The van der Waals surface area contributed by atoms with Crippen molar-refractivity contribution >= 4 is 6.03 Å². The second-order valence-electron chi connectivity index (χ2n) is 5.89. The molecule has 0 atom stereocenters. The third kappa shape index (κ3) is 4.46. The van der Waals surface area contributed by atoms with E-state index in [-0.39, 0.29) is 24.4 Å². The number of benzene rings is 1. The van der Waals surface area contributed by atoms with E-state index in [4.69, 9.17) is 9.26 Å². The number of rotatable bonds is 5. The van der Waals surface area contributed by atoms with Crippen molar-refractivity contribution < 1.29 is 18.4 Å². The summed E-state index contributed by atoms with van der Waals surface area (Å²) >= 11 is 0. The molecule has 0 aliphatic carbocycles. The molecule has 0 bridgehead atoms. The van der Waals surface area contributed by atoms with Crippen molar-refractivity contribution in [3.63, 3.8) is 0 Å². The third-order valence-electron chi connectivity index (χ3n) is 4.14. The van der Waals surface area contributed by atoms with E-state index in [0.717, 1.165) is 12.8 Å². The Morgan fingerprint density at radius 3 is 2.76 bits per heavy atom. The first-order valence-corrected chi connectivity index (χ1v) is 8.39. The van der Waals surface area contributed by atoms with Gasteiger partial charge >= 0.3 is 6.03 Å². The topological polar surface area (TPSA) is 80.5 Å². The van der Waals surface area contributed by atoms with Crippen molar-refractivity contribution in [3.8, 4) is 5.75 Å². The Hall–Kier alpha value is -2.64. The van der Waals surface area contributed by atoms with Crippen LogP contribution in [-0.2, 0) is 6.61 Å². The highest BCUT2D eigenvalue weighted by Gasteiger charge is 2.26. The van der Waals surface area contributed by atoms with Gasteiger partial charge in [-0.1, -0.05) is 5.16 Å². The van der Waals surface area contributed by atoms with Gasteiger partial charge in [0.05, 0.1) is 0 Å². The van der Waals surface area contributed by atoms with Gasteiger partial charge in [-0.3, -0.25) is 0 Å². The minimum Gasteiger partial charge on any atom is -0.484 e. The van der Waals surface area contributed by atoms with Crippen LogP contribution in [0.2, 0.25) is 0 Å². The van der Waals surface area contributed by atoms with Crippen LogP contribution >= 0.6 is 0 Å². The SMILES string of the molecule is CCNC(=O)N1CCC(c2noc(COc3ccc(F)cc3)n2)CC1. The Morgan fingerprint density at radius 2 is 2.08 bits per heavy atom. The molecule has 1 N–H and O–H groups in total. The number of amides is 2. The number of hydrogen-bond donors (Lipinski definition) is 1. The Kier molecular flexibility index (Phi) is 5.47. The van der Waals surface area contributed by atoms with E-state index in [1.165, 1.54) is 12.1 Å². The predicted molar refractivity (Wildman–Crippen MR) is 87.7 cm³/mol.